The molecule has 174 valence electrons. The fourth-order valence-corrected chi connectivity index (χ4v) is 4.08. The van der Waals surface area contributed by atoms with E-state index in [-0.39, 0.29) is 0 Å². The molecule has 0 unspecified atom stereocenters. The van der Waals surface area contributed by atoms with E-state index in [1.165, 1.54) is 0 Å². The van der Waals surface area contributed by atoms with E-state index in [4.69, 9.17) is 11.6 Å². The standard InChI is InChI=1S/C27H24ClN7/c1-16-6-8-20-19(10-12-31-26(20)34-18-7-9-22(28)17(2)13-18)25(16)35-27-21(5-4-11-30-27)23-14-24(29-3)33-15-32-23/h4-15H,1-3H3,(H,30,35)(H,31,34)(H,29,32,33). The van der Waals surface area contributed by atoms with Gasteiger partial charge in [0.25, 0.3) is 0 Å². The zero-order chi connectivity index (χ0) is 24.4. The molecule has 0 fully saturated rings. The number of halogens is 1. The van der Waals surface area contributed by atoms with Gasteiger partial charge < -0.3 is 16.0 Å². The van der Waals surface area contributed by atoms with Crippen molar-refractivity contribution in [1.29, 1.82) is 0 Å². The quantitative estimate of drug-likeness (QED) is 0.243. The Hall–Kier alpha value is -4.23. The zero-order valence-corrected chi connectivity index (χ0v) is 20.4. The molecule has 7 nitrogen and oxygen atoms in total. The predicted molar refractivity (Wildman–Crippen MR) is 144 cm³/mol. The van der Waals surface area contributed by atoms with E-state index >= 15 is 0 Å². The third kappa shape index (κ3) is 4.58. The average molecular weight is 482 g/mol. The largest absolute Gasteiger partial charge is 0.373 e. The molecule has 0 spiro atoms. The van der Waals surface area contributed by atoms with Crippen LogP contribution in [-0.2, 0) is 0 Å². The summed E-state index contributed by atoms with van der Waals surface area (Å²) in [6, 6.07) is 17.8. The fourth-order valence-electron chi connectivity index (χ4n) is 3.96. The lowest BCUT2D eigenvalue weighted by atomic mass is 10.0. The van der Waals surface area contributed by atoms with Gasteiger partial charge in [-0.1, -0.05) is 23.7 Å². The second-order valence-corrected chi connectivity index (χ2v) is 8.57. The monoisotopic (exact) mass is 481 g/mol. The number of pyridine rings is 2. The first-order chi connectivity index (χ1) is 17.0. The number of hydrogen-bond donors (Lipinski definition) is 3. The minimum atomic E-state index is 0.712. The molecule has 0 radical (unpaired) electrons. The van der Waals surface area contributed by atoms with Gasteiger partial charge in [-0.05, 0) is 61.4 Å². The van der Waals surface area contributed by atoms with E-state index in [1.54, 1.807) is 18.7 Å². The van der Waals surface area contributed by atoms with Gasteiger partial charge >= 0.3 is 0 Å². The Kier molecular flexibility index (Phi) is 6.16. The maximum Gasteiger partial charge on any atom is 0.139 e. The van der Waals surface area contributed by atoms with Gasteiger partial charge in [-0.25, -0.2) is 19.9 Å². The van der Waals surface area contributed by atoms with Crippen molar-refractivity contribution in [2.24, 2.45) is 0 Å². The summed E-state index contributed by atoms with van der Waals surface area (Å²) in [6.45, 7) is 4.06. The Balaban J connectivity index is 1.56. The smallest absolute Gasteiger partial charge is 0.139 e. The van der Waals surface area contributed by atoms with Crippen molar-refractivity contribution < 1.29 is 0 Å². The molecule has 0 aliphatic heterocycles. The maximum atomic E-state index is 6.20. The molecule has 35 heavy (non-hydrogen) atoms. The summed E-state index contributed by atoms with van der Waals surface area (Å²) in [4.78, 5) is 17.9. The van der Waals surface area contributed by atoms with Crippen molar-refractivity contribution in [3.8, 4) is 11.3 Å². The molecule has 3 N–H and O–H groups in total. The van der Waals surface area contributed by atoms with Gasteiger partial charge in [-0.3, -0.25) is 0 Å². The highest BCUT2D eigenvalue weighted by Gasteiger charge is 2.14. The highest BCUT2D eigenvalue weighted by atomic mass is 35.5. The van der Waals surface area contributed by atoms with E-state index in [0.29, 0.717) is 5.82 Å². The Morgan fingerprint density at radius 2 is 1.60 bits per heavy atom. The lowest BCUT2D eigenvalue weighted by molar-refractivity contribution is 1.16. The zero-order valence-electron chi connectivity index (χ0n) is 19.6. The van der Waals surface area contributed by atoms with Crippen LogP contribution in [0.4, 0.5) is 28.8 Å². The summed E-state index contributed by atoms with van der Waals surface area (Å²) >= 11 is 6.20. The fraction of sp³-hybridized carbons (Fsp3) is 0.111. The molecule has 2 aromatic carbocycles. The van der Waals surface area contributed by atoms with Crippen molar-refractivity contribution in [2.45, 2.75) is 13.8 Å². The third-order valence-electron chi connectivity index (χ3n) is 5.82. The molecule has 0 saturated carbocycles. The first-order valence-electron chi connectivity index (χ1n) is 11.2. The van der Waals surface area contributed by atoms with Gasteiger partial charge in [0.1, 0.15) is 23.8 Å². The molecule has 5 rings (SSSR count). The summed E-state index contributed by atoms with van der Waals surface area (Å²) in [5.41, 5.74) is 5.64. The highest BCUT2D eigenvalue weighted by Crippen LogP contribution is 2.36. The average Bonchev–Trinajstić information content (AvgIpc) is 2.88. The van der Waals surface area contributed by atoms with Crippen molar-refractivity contribution in [3.05, 3.63) is 89.5 Å². The minimum Gasteiger partial charge on any atom is -0.373 e. The number of fused-ring (bicyclic) bond motifs is 1. The molecule has 5 aromatic rings. The number of hydrogen-bond acceptors (Lipinski definition) is 7. The molecule has 0 aliphatic rings. The van der Waals surface area contributed by atoms with Crippen LogP contribution in [-0.4, -0.2) is 27.0 Å². The number of nitrogens with one attached hydrogen (secondary N) is 3. The van der Waals surface area contributed by atoms with Gasteiger partial charge in [0, 0.05) is 52.6 Å². The second kappa shape index (κ2) is 9.56. The molecule has 0 aliphatic carbocycles. The Labute approximate surface area is 208 Å². The molecule has 3 heterocycles. The lowest BCUT2D eigenvalue weighted by Gasteiger charge is -2.17. The predicted octanol–water partition coefficient (Wildman–Crippen LogP) is 6.89. The van der Waals surface area contributed by atoms with Crippen LogP contribution in [0, 0.1) is 13.8 Å². The Morgan fingerprint density at radius 1 is 0.743 bits per heavy atom. The van der Waals surface area contributed by atoms with Gasteiger partial charge in [0.2, 0.25) is 0 Å². The van der Waals surface area contributed by atoms with Crippen LogP contribution < -0.4 is 16.0 Å². The van der Waals surface area contributed by atoms with Gasteiger partial charge in [0.15, 0.2) is 0 Å². The van der Waals surface area contributed by atoms with Gasteiger partial charge in [0.05, 0.1) is 11.4 Å². The molecule has 3 aromatic heterocycles. The van der Waals surface area contributed by atoms with Crippen LogP contribution in [0.3, 0.4) is 0 Å². The van der Waals surface area contributed by atoms with Crippen molar-refractivity contribution in [2.75, 3.05) is 23.0 Å². The van der Waals surface area contributed by atoms with E-state index in [0.717, 1.165) is 61.2 Å². The molecular weight excluding hydrogens is 458 g/mol. The van der Waals surface area contributed by atoms with Crippen LogP contribution in [0.15, 0.2) is 73.3 Å². The summed E-state index contributed by atoms with van der Waals surface area (Å²) in [5.74, 6) is 2.22. The van der Waals surface area contributed by atoms with E-state index in [9.17, 15) is 0 Å². The normalized spacial score (nSPS) is 10.9. The SMILES string of the molecule is CNc1cc(-c2cccnc2Nc2c(C)ccc3c(Nc4ccc(Cl)c(C)c4)nccc23)ncn1. The van der Waals surface area contributed by atoms with E-state index in [1.807, 2.05) is 56.4 Å². The van der Waals surface area contributed by atoms with Gasteiger partial charge in [-0.15, -0.1) is 0 Å². The summed E-state index contributed by atoms with van der Waals surface area (Å²) < 4.78 is 0. The van der Waals surface area contributed by atoms with Crippen LogP contribution in [0.2, 0.25) is 5.02 Å². The maximum absolute atomic E-state index is 6.20. The third-order valence-corrected chi connectivity index (χ3v) is 6.25. The first-order valence-corrected chi connectivity index (χ1v) is 11.5. The van der Waals surface area contributed by atoms with Crippen molar-refractivity contribution in [1.82, 2.24) is 19.9 Å². The van der Waals surface area contributed by atoms with Crippen LogP contribution >= 0.6 is 11.6 Å². The molecule has 0 amide bonds. The topological polar surface area (TPSA) is 87.7 Å². The lowest BCUT2D eigenvalue weighted by Crippen LogP contribution is -2.02. The van der Waals surface area contributed by atoms with Crippen molar-refractivity contribution in [3.63, 3.8) is 0 Å². The summed E-state index contributed by atoms with van der Waals surface area (Å²) in [7, 11) is 1.83. The summed E-state index contributed by atoms with van der Waals surface area (Å²) in [6.07, 6.45) is 5.12. The summed E-state index contributed by atoms with van der Waals surface area (Å²) in [5, 5.41) is 12.8. The van der Waals surface area contributed by atoms with E-state index in [2.05, 4.69) is 54.9 Å². The number of benzene rings is 2. The molecule has 8 heteroatoms. The Bertz CT molecular complexity index is 1530. The minimum absolute atomic E-state index is 0.712. The number of aryl methyl sites for hydroxylation is 2. The van der Waals surface area contributed by atoms with Crippen LogP contribution in [0.5, 0.6) is 0 Å². The van der Waals surface area contributed by atoms with E-state index < -0.39 is 0 Å². The molecule has 0 atom stereocenters. The molecule has 0 saturated heterocycles. The Morgan fingerprint density at radius 3 is 2.43 bits per heavy atom. The highest BCUT2D eigenvalue weighted by molar-refractivity contribution is 6.31. The van der Waals surface area contributed by atoms with Crippen LogP contribution in [0.1, 0.15) is 11.1 Å². The number of aromatic nitrogens is 4. The number of nitrogens with zero attached hydrogens (tertiary/aromatic N) is 4. The first kappa shape index (κ1) is 22.6. The van der Waals surface area contributed by atoms with Gasteiger partial charge in [-0.2, -0.15) is 0 Å². The molecule has 0 bridgehead atoms. The van der Waals surface area contributed by atoms with Crippen LogP contribution in [0.25, 0.3) is 22.0 Å². The number of rotatable bonds is 6. The second-order valence-electron chi connectivity index (χ2n) is 8.16. The molecular formula is C27H24ClN7. The number of anilines is 5. The van der Waals surface area contributed by atoms with Crippen molar-refractivity contribution >= 4 is 51.2 Å².